The first-order valence-electron chi connectivity index (χ1n) is 11.1. The number of rotatable bonds is 4. The highest BCUT2D eigenvalue weighted by atomic mass is 16.2. The Balaban J connectivity index is 1.42. The molecule has 0 saturated carbocycles. The molecule has 1 aliphatic heterocycles. The Kier molecular flexibility index (Phi) is 5.27. The van der Waals surface area contributed by atoms with E-state index in [0.717, 1.165) is 37.9 Å². The van der Waals surface area contributed by atoms with Crippen LogP contribution in [0.25, 0.3) is 16.6 Å². The molecule has 1 unspecified atom stereocenters. The molecule has 4 aromatic rings. The third kappa shape index (κ3) is 4.03. The molecular weight excluding hydrogens is 402 g/mol. The van der Waals surface area contributed by atoms with Crippen molar-refractivity contribution in [2.45, 2.75) is 39.2 Å². The number of fused-ring (bicyclic) bond motifs is 1. The zero-order valence-electron chi connectivity index (χ0n) is 18.4. The van der Waals surface area contributed by atoms with E-state index < -0.39 is 0 Å². The van der Waals surface area contributed by atoms with E-state index in [4.69, 9.17) is 0 Å². The van der Waals surface area contributed by atoms with Crippen molar-refractivity contribution in [3.63, 3.8) is 0 Å². The number of nitrogens with one attached hydrogen (secondary N) is 2. The summed E-state index contributed by atoms with van der Waals surface area (Å²) in [4.78, 5) is 32.9. The molecule has 0 spiro atoms. The van der Waals surface area contributed by atoms with E-state index >= 15 is 0 Å². The molecule has 3 heterocycles. The molecule has 0 radical (unpaired) electrons. The number of aromatic amines is 2. The predicted octanol–water partition coefficient (Wildman–Crippen LogP) is 3.40. The van der Waals surface area contributed by atoms with E-state index in [-0.39, 0.29) is 17.2 Å². The normalized spacial score (nSPS) is 17.1. The number of aryl methyl sites for hydroxylation is 2. The van der Waals surface area contributed by atoms with E-state index in [2.05, 4.69) is 52.0 Å². The van der Waals surface area contributed by atoms with Crippen molar-refractivity contribution >= 4 is 10.9 Å². The summed E-state index contributed by atoms with van der Waals surface area (Å²) in [6.45, 7) is 7.06. The fourth-order valence-corrected chi connectivity index (χ4v) is 4.87. The van der Waals surface area contributed by atoms with Gasteiger partial charge in [0.2, 0.25) is 5.56 Å². The van der Waals surface area contributed by atoms with Crippen LogP contribution in [0.5, 0.6) is 0 Å². The van der Waals surface area contributed by atoms with Crippen LogP contribution in [-0.4, -0.2) is 37.7 Å². The van der Waals surface area contributed by atoms with Crippen molar-refractivity contribution in [1.82, 2.24) is 24.6 Å². The van der Waals surface area contributed by atoms with E-state index in [0.29, 0.717) is 17.0 Å². The quantitative estimate of drug-likeness (QED) is 0.521. The summed E-state index contributed by atoms with van der Waals surface area (Å²) in [5.74, 6) is 0.869. The summed E-state index contributed by atoms with van der Waals surface area (Å²) in [7, 11) is 0. The minimum absolute atomic E-state index is 0.164. The van der Waals surface area contributed by atoms with Gasteiger partial charge in [0.05, 0.1) is 11.2 Å². The number of H-pyrrole nitrogens is 2. The highest BCUT2D eigenvalue weighted by Gasteiger charge is 2.25. The first-order chi connectivity index (χ1) is 15.5. The Bertz CT molecular complexity index is 1380. The van der Waals surface area contributed by atoms with Gasteiger partial charge in [0.25, 0.3) is 0 Å². The fraction of sp³-hybridized carbons (Fsp3) is 0.320. The number of hydrogen-bond donors (Lipinski definition) is 2. The van der Waals surface area contributed by atoms with E-state index in [1.54, 1.807) is 12.1 Å². The van der Waals surface area contributed by atoms with E-state index in [9.17, 15) is 9.59 Å². The highest BCUT2D eigenvalue weighted by molar-refractivity contribution is 5.85. The number of nitrogens with zero attached hydrogens (tertiary/aromatic N) is 3. The van der Waals surface area contributed by atoms with Crippen LogP contribution in [0.15, 0.2) is 58.1 Å². The van der Waals surface area contributed by atoms with Gasteiger partial charge in [0.1, 0.15) is 5.82 Å². The lowest BCUT2D eigenvalue weighted by atomic mass is 9.96. The second kappa shape index (κ2) is 8.24. The van der Waals surface area contributed by atoms with Crippen LogP contribution < -0.4 is 11.2 Å². The number of para-hydroxylation sites is 1. The van der Waals surface area contributed by atoms with Crippen molar-refractivity contribution in [1.29, 1.82) is 0 Å². The number of benzene rings is 2. The lowest BCUT2D eigenvalue weighted by Gasteiger charge is -2.31. The summed E-state index contributed by atoms with van der Waals surface area (Å²) in [5, 5.41) is 5.51. The van der Waals surface area contributed by atoms with E-state index in [1.165, 1.54) is 27.4 Å². The van der Waals surface area contributed by atoms with Gasteiger partial charge in [0.15, 0.2) is 0 Å². The van der Waals surface area contributed by atoms with Crippen LogP contribution in [0.4, 0.5) is 0 Å². The van der Waals surface area contributed by atoms with Crippen LogP contribution in [0, 0.1) is 13.8 Å². The van der Waals surface area contributed by atoms with Crippen LogP contribution in [-0.2, 0) is 6.54 Å². The number of hydrogen-bond acceptors (Lipinski definition) is 4. The molecular formula is C25H27N5O2. The summed E-state index contributed by atoms with van der Waals surface area (Å²) in [5.41, 5.74) is 4.58. The minimum Gasteiger partial charge on any atom is -0.320 e. The molecule has 0 amide bonds. The molecule has 164 valence electrons. The molecule has 2 N–H and O–H groups in total. The van der Waals surface area contributed by atoms with Gasteiger partial charge < -0.3 is 4.98 Å². The third-order valence-electron chi connectivity index (χ3n) is 6.18. The predicted molar refractivity (Wildman–Crippen MR) is 125 cm³/mol. The summed E-state index contributed by atoms with van der Waals surface area (Å²) >= 11 is 0. The third-order valence-corrected chi connectivity index (χ3v) is 6.18. The number of aromatic nitrogens is 4. The second-order valence-corrected chi connectivity index (χ2v) is 8.86. The van der Waals surface area contributed by atoms with Gasteiger partial charge >= 0.3 is 5.69 Å². The van der Waals surface area contributed by atoms with Crippen molar-refractivity contribution in [2.75, 3.05) is 13.1 Å². The fourth-order valence-electron chi connectivity index (χ4n) is 4.87. The molecule has 1 aliphatic rings. The molecule has 2 aromatic heterocycles. The van der Waals surface area contributed by atoms with Crippen LogP contribution in [0.3, 0.4) is 0 Å². The maximum atomic E-state index is 12.8. The van der Waals surface area contributed by atoms with Gasteiger partial charge in [-0.2, -0.15) is 4.68 Å². The molecule has 2 aromatic carbocycles. The smallest absolute Gasteiger partial charge is 0.320 e. The van der Waals surface area contributed by atoms with Crippen molar-refractivity contribution in [3.8, 4) is 5.69 Å². The lowest BCUT2D eigenvalue weighted by molar-refractivity contribution is 0.196. The second-order valence-electron chi connectivity index (χ2n) is 8.86. The lowest BCUT2D eigenvalue weighted by Crippen LogP contribution is -2.34. The Hall–Kier alpha value is -3.45. The topological polar surface area (TPSA) is 86.8 Å². The van der Waals surface area contributed by atoms with Crippen LogP contribution in [0.2, 0.25) is 0 Å². The van der Waals surface area contributed by atoms with Crippen molar-refractivity contribution in [2.24, 2.45) is 0 Å². The SMILES string of the molecule is Cc1cc(C)cc(CN2CCCC(c3nn(-c4cccc5ccc(=O)[nH]c45)c(=O)[nH]3)C2)c1. The Morgan fingerprint density at radius 1 is 1.03 bits per heavy atom. The van der Waals surface area contributed by atoms with Crippen molar-refractivity contribution < 1.29 is 0 Å². The first-order valence-corrected chi connectivity index (χ1v) is 11.1. The van der Waals surface area contributed by atoms with Gasteiger partial charge in [-0.25, -0.2) is 4.79 Å². The average Bonchev–Trinajstić information content (AvgIpc) is 3.14. The Morgan fingerprint density at radius 3 is 2.66 bits per heavy atom. The summed E-state index contributed by atoms with van der Waals surface area (Å²) < 4.78 is 1.37. The molecule has 1 atom stereocenters. The number of likely N-dealkylation sites (tertiary alicyclic amines) is 1. The van der Waals surface area contributed by atoms with Crippen LogP contribution >= 0.6 is 0 Å². The first kappa shape index (κ1) is 20.5. The summed E-state index contributed by atoms with van der Waals surface area (Å²) in [6.07, 6.45) is 2.05. The molecule has 32 heavy (non-hydrogen) atoms. The standard InChI is InChI=1S/C25H27N5O2/c1-16-11-17(2)13-18(12-16)14-29-10-4-6-20(15-29)24-27-25(32)30(28-24)21-7-3-5-19-8-9-22(31)26-23(19)21/h3,5,7-9,11-13,20H,4,6,10,14-15H2,1-2H3,(H,26,31)(H,27,28,32). The zero-order chi connectivity index (χ0) is 22.2. The molecule has 0 aliphatic carbocycles. The molecule has 0 bridgehead atoms. The Labute approximate surface area is 185 Å². The Morgan fingerprint density at radius 2 is 1.84 bits per heavy atom. The van der Waals surface area contributed by atoms with Gasteiger partial charge in [-0.15, -0.1) is 5.10 Å². The van der Waals surface area contributed by atoms with E-state index in [1.807, 2.05) is 12.1 Å². The van der Waals surface area contributed by atoms with Gasteiger partial charge in [-0.3, -0.25) is 14.7 Å². The molecule has 7 heteroatoms. The molecule has 7 nitrogen and oxygen atoms in total. The van der Waals surface area contributed by atoms with Gasteiger partial charge in [-0.05, 0) is 50.9 Å². The number of pyridine rings is 1. The maximum Gasteiger partial charge on any atom is 0.348 e. The van der Waals surface area contributed by atoms with Gasteiger partial charge in [-0.1, -0.05) is 41.5 Å². The van der Waals surface area contributed by atoms with Crippen molar-refractivity contribution in [3.05, 3.63) is 91.9 Å². The van der Waals surface area contributed by atoms with Crippen LogP contribution in [0.1, 0.15) is 41.3 Å². The summed E-state index contributed by atoms with van der Waals surface area (Å²) in [6, 6.07) is 15.5. The maximum absolute atomic E-state index is 12.8. The molecule has 1 saturated heterocycles. The molecule has 5 rings (SSSR count). The monoisotopic (exact) mass is 429 g/mol. The zero-order valence-corrected chi connectivity index (χ0v) is 18.4. The average molecular weight is 430 g/mol. The molecule has 1 fully saturated rings. The largest absolute Gasteiger partial charge is 0.348 e. The number of piperidine rings is 1. The highest BCUT2D eigenvalue weighted by Crippen LogP contribution is 2.26. The minimum atomic E-state index is -0.288. The van der Waals surface area contributed by atoms with Gasteiger partial charge in [0, 0.05) is 30.5 Å².